The Bertz CT molecular complexity index is 842. The zero-order valence-corrected chi connectivity index (χ0v) is 15.3. The van der Waals surface area contributed by atoms with Crippen LogP contribution in [0.2, 0.25) is 5.02 Å². The van der Waals surface area contributed by atoms with Crippen LogP contribution in [0.3, 0.4) is 0 Å². The van der Waals surface area contributed by atoms with Gasteiger partial charge in [-0.1, -0.05) is 11.6 Å². The van der Waals surface area contributed by atoms with Gasteiger partial charge in [-0.15, -0.1) is 0 Å². The number of hydrazone groups is 1. The molecule has 0 aliphatic carbocycles. The minimum atomic E-state index is -0.806. The van der Waals surface area contributed by atoms with Gasteiger partial charge in [-0.3, -0.25) is 4.79 Å². The van der Waals surface area contributed by atoms with Gasteiger partial charge in [0.25, 0.3) is 5.91 Å². The number of nitrogens with zero attached hydrogens (tertiary/aromatic N) is 1. The van der Waals surface area contributed by atoms with Crippen LogP contribution < -0.4 is 19.6 Å². The third-order valence-corrected chi connectivity index (χ3v) is 3.99. The van der Waals surface area contributed by atoms with Gasteiger partial charge in [-0.25, -0.2) is 9.82 Å². The minimum Gasteiger partial charge on any atom is -0.489 e. The molecule has 0 saturated heterocycles. The molecular weight excluding hydrogens is 375 g/mol. The summed E-state index contributed by atoms with van der Waals surface area (Å²) in [6, 6.07) is 8.81. The topological polar surface area (TPSA) is 69.2 Å². The molecule has 1 N–H and O–H groups in total. The van der Waals surface area contributed by atoms with Crippen molar-refractivity contribution in [3.05, 3.63) is 52.8 Å². The smallest absolute Gasteiger partial charge is 0.280 e. The zero-order chi connectivity index (χ0) is 19.2. The third kappa shape index (κ3) is 5.10. The van der Waals surface area contributed by atoms with Crippen LogP contribution >= 0.6 is 11.6 Å². The van der Waals surface area contributed by atoms with Crippen molar-refractivity contribution < 1.29 is 23.4 Å². The predicted octanol–water partition coefficient (Wildman–Crippen LogP) is 3.56. The third-order valence-electron chi connectivity index (χ3n) is 3.71. The fourth-order valence-corrected chi connectivity index (χ4v) is 2.63. The van der Waals surface area contributed by atoms with Crippen LogP contribution in [0.25, 0.3) is 0 Å². The summed E-state index contributed by atoms with van der Waals surface area (Å²) in [5.41, 5.74) is 3.04. The van der Waals surface area contributed by atoms with Gasteiger partial charge in [0.05, 0.1) is 24.5 Å². The fourth-order valence-electron chi connectivity index (χ4n) is 2.36. The van der Waals surface area contributed by atoms with E-state index in [0.717, 1.165) is 6.42 Å². The predicted molar refractivity (Wildman–Crippen MR) is 99.3 cm³/mol. The Morgan fingerprint density at radius 3 is 2.81 bits per heavy atom. The second-order valence-corrected chi connectivity index (χ2v) is 6.24. The number of carbonyl (C=O) groups excluding carboxylic acids is 1. The molecule has 0 aromatic heterocycles. The maximum absolute atomic E-state index is 12.9. The molecular formula is C19H18ClFN2O4. The summed E-state index contributed by atoms with van der Waals surface area (Å²) in [4.78, 5) is 12.1. The first-order valence-corrected chi connectivity index (χ1v) is 8.75. The SMILES string of the molecule is C[C@@H](Oc1ccc(F)cc1)C(=O)N/N=C\c1cc(Cl)c2c(c1)OCCCO2. The molecule has 2 aromatic carbocycles. The lowest BCUT2D eigenvalue weighted by Gasteiger charge is -2.13. The van der Waals surface area contributed by atoms with Gasteiger partial charge in [0.15, 0.2) is 17.6 Å². The molecule has 1 aliphatic heterocycles. The van der Waals surface area contributed by atoms with Crippen LogP contribution in [0.4, 0.5) is 4.39 Å². The van der Waals surface area contributed by atoms with Crippen molar-refractivity contribution in [2.75, 3.05) is 13.2 Å². The van der Waals surface area contributed by atoms with Crippen LogP contribution in [0.15, 0.2) is 41.5 Å². The van der Waals surface area contributed by atoms with E-state index < -0.39 is 12.0 Å². The normalized spacial score (nSPS) is 14.5. The van der Waals surface area contributed by atoms with Crippen molar-refractivity contribution in [2.24, 2.45) is 5.10 Å². The molecule has 1 atom stereocenters. The number of amides is 1. The van der Waals surface area contributed by atoms with Crippen LogP contribution in [-0.4, -0.2) is 31.4 Å². The molecule has 1 aliphatic rings. The van der Waals surface area contributed by atoms with E-state index >= 15 is 0 Å². The summed E-state index contributed by atoms with van der Waals surface area (Å²) in [6.45, 7) is 2.65. The molecule has 0 unspecified atom stereocenters. The number of halogens is 2. The second-order valence-electron chi connectivity index (χ2n) is 5.83. The van der Waals surface area contributed by atoms with E-state index in [9.17, 15) is 9.18 Å². The number of benzene rings is 2. The summed E-state index contributed by atoms with van der Waals surface area (Å²) >= 11 is 6.21. The molecule has 0 radical (unpaired) electrons. The molecule has 0 bridgehead atoms. The number of nitrogens with one attached hydrogen (secondary N) is 1. The average Bonchev–Trinajstić information content (AvgIpc) is 2.89. The molecule has 3 rings (SSSR count). The molecule has 8 heteroatoms. The first-order chi connectivity index (χ1) is 13.0. The highest BCUT2D eigenvalue weighted by Gasteiger charge is 2.16. The number of ether oxygens (including phenoxy) is 3. The molecule has 27 heavy (non-hydrogen) atoms. The van der Waals surface area contributed by atoms with E-state index in [1.165, 1.54) is 30.5 Å². The van der Waals surface area contributed by atoms with Gasteiger partial charge in [0, 0.05) is 6.42 Å². The molecule has 1 heterocycles. The van der Waals surface area contributed by atoms with Crippen molar-refractivity contribution >= 4 is 23.7 Å². The van der Waals surface area contributed by atoms with E-state index in [0.29, 0.717) is 41.0 Å². The maximum Gasteiger partial charge on any atom is 0.280 e. The van der Waals surface area contributed by atoms with Crippen molar-refractivity contribution in [1.82, 2.24) is 5.43 Å². The lowest BCUT2D eigenvalue weighted by atomic mass is 10.2. The van der Waals surface area contributed by atoms with Crippen molar-refractivity contribution in [2.45, 2.75) is 19.4 Å². The van der Waals surface area contributed by atoms with Gasteiger partial charge in [-0.05, 0) is 48.9 Å². The zero-order valence-electron chi connectivity index (χ0n) is 14.6. The van der Waals surface area contributed by atoms with Gasteiger partial charge < -0.3 is 14.2 Å². The quantitative estimate of drug-likeness (QED) is 0.624. The van der Waals surface area contributed by atoms with Crippen LogP contribution in [0.5, 0.6) is 17.2 Å². The van der Waals surface area contributed by atoms with Gasteiger partial charge in [0.2, 0.25) is 0 Å². The second kappa shape index (κ2) is 8.73. The molecule has 142 valence electrons. The summed E-state index contributed by atoms with van der Waals surface area (Å²) in [7, 11) is 0. The monoisotopic (exact) mass is 392 g/mol. The van der Waals surface area contributed by atoms with E-state index in [4.69, 9.17) is 25.8 Å². The number of hydrogen-bond acceptors (Lipinski definition) is 5. The Labute approximate surface area is 160 Å². The van der Waals surface area contributed by atoms with E-state index in [-0.39, 0.29) is 5.82 Å². The molecule has 1 amide bonds. The van der Waals surface area contributed by atoms with E-state index in [2.05, 4.69) is 10.5 Å². The Balaban J connectivity index is 1.59. The van der Waals surface area contributed by atoms with E-state index in [1.807, 2.05) is 0 Å². The highest BCUT2D eigenvalue weighted by atomic mass is 35.5. The van der Waals surface area contributed by atoms with Crippen LogP contribution in [0.1, 0.15) is 18.9 Å². The Hall–Kier alpha value is -2.80. The number of fused-ring (bicyclic) bond motifs is 1. The lowest BCUT2D eigenvalue weighted by Crippen LogP contribution is -2.33. The highest BCUT2D eigenvalue weighted by Crippen LogP contribution is 2.37. The standard InChI is InChI=1S/C19H18ClFN2O4/c1-12(27-15-5-3-14(21)4-6-15)19(24)23-22-11-13-9-16(20)18-17(10-13)25-7-2-8-26-18/h3-6,9-12H,2,7-8H2,1H3,(H,23,24)/b22-11-/t12-/m1/s1. The van der Waals surface area contributed by atoms with Gasteiger partial charge >= 0.3 is 0 Å². The van der Waals surface area contributed by atoms with Gasteiger partial charge in [0.1, 0.15) is 11.6 Å². The van der Waals surface area contributed by atoms with Crippen LogP contribution in [0, 0.1) is 5.82 Å². The van der Waals surface area contributed by atoms with Gasteiger partial charge in [-0.2, -0.15) is 5.10 Å². The lowest BCUT2D eigenvalue weighted by molar-refractivity contribution is -0.127. The molecule has 0 fully saturated rings. The molecule has 6 nitrogen and oxygen atoms in total. The Morgan fingerprint density at radius 2 is 2.04 bits per heavy atom. The summed E-state index contributed by atoms with van der Waals surface area (Å²) < 4.78 is 29.5. The first kappa shape index (κ1) is 19.0. The number of carbonyl (C=O) groups is 1. The number of rotatable bonds is 5. The number of hydrogen-bond donors (Lipinski definition) is 1. The average molecular weight is 393 g/mol. The summed E-state index contributed by atoms with van der Waals surface area (Å²) in [5, 5.41) is 4.32. The van der Waals surface area contributed by atoms with Crippen LogP contribution in [-0.2, 0) is 4.79 Å². The van der Waals surface area contributed by atoms with Crippen molar-refractivity contribution in [3.8, 4) is 17.2 Å². The fraction of sp³-hybridized carbons (Fsp3) is 0.263. The minimum absolute atomic E-state index is 0.377. The Morgan fingerprint density at radius 1 is 1.30 bits per heavy atom. The van der Waals surface area contributed by atoms with Crippen molar-refractivity contribution in [1.29, 1.82) is 0 Å². The summed E-state index contributed by atoms with van der Waals surface area (Å²) in [6.07, 6.45) is 1.42. The largest absolute Gasteiger partial charge is 0.489 e. The highest BCUT2D eigenvalue weighted by molar-refractivity contribution is 6.32. The van der Waals surface area contributed by atoms with Crippen molar-refractivity contribution in [3.63, 3.8) is 0 Å². The molecule has 0 saturated carbocycles. The molecule has 0 spiro atoms. The summed E-state index contributed by atoms with van der Waals surface area (Å²) in [5.74, 6) is 0.615. The first-order valence-electron chi connectivity index (χ1n) is 8.37. The van der Waals surface area contributed by atoms with E-state index in [1.54, 1.807) is 19.1 Å². The molecule has 2 aromatic rings. The Kier molecular flexibility index (Phi) is 6.13. The maximum atomic E-state index is 12.9.